The highest BCUT2D eigenvalue weighted by Gasteiger charge is 2.47. The van der Waals surface area contributed by atoms with Gasteiger partial charge in [-0.1, -0.05) is 20.8 Å². The summed E-state index contributed by atoms with van der Waals surface area (Å²) in [6, 6.07) is -0.362. The molecule has 1 unspecified atom stereocenters. The first-order chi connectivity index (χ1) is 8.56. The average molecular weight is 256 g/mol. The number of carbonyl (C=O) groups excluding carboxylic acids is 2. The molecular formula is C13H24N2O3. The third kappa shape index (κ3) is 2.51. The summed E-state index contributed by atoms with van der Waals surface area (Å²) in [7, 11) is 1.60. The van der Waals surface area contributed by atoms with Crippen molar-refractivity contribution < 1.29 is 14.3 Å². The third-order valence-electron chi connectivity index (χ3n) is 3.84. The van der Waals surface area contributed by atoms with Crippen LogP contribution in [0.2, 0.25) is 0 Å². The van der Waals surface area contributed by atoms with Crippen molar-refractivity contribution in [3.63, 3.8) is 0 Å². The zero-order valence-electron chi connectivity index (χ0n) is 11.8. The van der Waals surface area contributed by atoms with Gasteiger partial charge >= 0.3 is 0 Å². The van der Waals surface area contributed by atoms with E-state index in [0.717, 1.165) is 0 Å². The maximum absolute atomic E-state index is 12.6. The Hall–Kier alpha value is -1.10. The molecule has 1 aliphatic heterocycles. The molecule has 0 aromatic carbocycles. The second kappa shape index (κ2) is 6.18. The Morgan fingerprint density at radius 3 is 2.33 bits per heavy atom. The fraction of sp³-hybridized carbons (Fsp3) is 0.846. The van der Waals surface area contributed by atoms with Crippen LogP contribution >= 0.6 is 0 Å². The smallest absolute Gasteiger partial charge is 0.249 e. The Morgan fingerprint density at radius 1 is 1.28 bits per heavy atom. The van der Waals surface area contributed by atoms with Crippen molar-refractivity contribution >= 4 is 11.8 Å². The van der Waals surface area contributed by atoms with Crippen molar-refractivity contribution in [1.29, 1.82) is 0 Å². The summed E-state index contributed by atoms with van der Waals surface area (Å²) in [5.41, 5.74) is -0.726. The molecule has 0 spiro atoms. The Kier molecular flexibility index (Phi) is 5.14. The van der Waals surface area contributed by atoms with Crippen molar-refractivity contribution in [2.24, 2.45) is 0 Å². The van der Waals surface area contributed by atoms with Gasteiger partial charge in [0.1, 0.15) is 11.6 Å². The molecule has 1 atom stereocenters. The molecule has 1 saturated heterocycles. The summed E-state index contributed by atoms with van der Waals surface area (Å²) in [5.74, 6) is -0.0205. The van der Waals surface area contributed by atoms with E-state index in [-0.39, 0.29) is 17.9 Å². The Morgan fingerprint density at radius 2 is 1.89 bits per heavy atom. The molecule has 1 N–H and O–H groups in total. The maximum atomic E-state index is 12.6. The van der Waals surface area contributed by atoms with Gasteiger partial charge in [-0.3, -0.25) is 9.59 Å². The molecule has 0 bridgehead atoms. The van der Waals surface area contributed by atoms with E-state index in [1.54, 1.807) is 12.0 Å². The molecular weight excluding hydrogens is 232 g/mol. The predicted molar refractivity (Wildman–Crippen MR) is 69.1 cm³/mol. The van der Waals surface area contributed by atoms with Crippen LogP contribution in [0.4, 0.5) is 0 Å². The highest BCUT2D eigenvalue weighted by atomic mass is 16.5. The Bertz CT molecular complexity index is 313. The zero-order chi connectivity index (χ0) is 13.8. The van der Waals surface area contributed by atoms with Crippen molar-refractivity contribution in [2.75, 3.05) is 20.3 Å². The summed E-state index contributed by atoms with van der Waals surface area (Å²) < 4.78 is 5.03. The zero-order valence-corrected chi connectivity index (χ0v) is 11.8. The minimum atomic E-state index is -0.726. The van der Waals surface area contributed by atoms with Gasteiger partial charge in [-0.15, -0.1) is 0 Å². The predicted octanol–water partition coefficient (Wildman–Crippen LogP) is 0.929. The average Bonchev–Trinajstić information content (AvgIpc) is 2.39. The van der Waals surface area contributed by atoms with Crippen LogP contribution < -0.4 is 5.32 Å². The first-order valence-electron chi connectivity index (χ1n) is 6.68. The van der Waals surface area contributed by atoms with Gasteiger partial charge in [-0.05, 0) is 19.3 Å². The molecule has 1 fully saturated rings. The standard InChI is InChI=1S/C13H24N2O3/c1-5-10-11(16)14-13(6-2,7-3)12(17)15(10)8-9-18-4/h10H,5-9H2,1-4H3,(H,14,16). The number of amides is 2. The van der Waals surface area contributed by atoms with Crippen molar-refractivity contribution in [1.82, 2.24) is 10.2 Å². The Balaban J connectivity index is 2.99. The summed E-state index contributed by atoms with van der Waals surface area (Å²) in [6.45, 7) is 6.72. The SMILES string of the molecule is CCC1C(=O)NC(CC)(CC)C(=O)N1CCOC. The second-order valence-corrected chi connectivity index (χ2v) is 4.69. The molecule has 1 rings (SSSR count). The number of nitrogens with one attached hydrogen (secondary N) is 1. The van der Waals surface area contributed by atoms with Gasteiger partial charge in [0.25, 0.3) is 0 Å². The number of rotatable bonds is 6. The van der Waals surface area contributed by atoms with E-state index in [4.69, 9.17) is 4.74 Å². The van der Waals surface area contributed by atoms with E-state index < -0.39 is 5.54 Å². The van der Waals surface area contributed by atoms with Crippen LogP contribution in [0.3, 0.4) is 0 Å². The number of ether oxygens (including phenoxy) is 1. The van der Waals surface area contributed by atoms with Gasteiger partial charge in [0.05, 0.1) is 6.61 Å². The van der Waals surface area contributed by atoms with Crippen molar-refractivity contribution in [3.8, 4) is 0 Å². The van der Waals surface area contributed by atoms with E-state index in [0.29, 0.717) is 32.4 Å². The molecule has 104 valence electrons. The lowest BCUT2D eigenvalue weighted by Gasteiger charge is -2.45. The minimum Gasteiger partial charge on any atom is -0.383 e. The molecule has 2 amide bonds. The maximum Gasteiger partial charge on any atom is 0.249 e. The monoisotopic (exact) mass is 256 g/mol. The number of carbonyl (C=O) groups is 2. The van der Waals surface area contributed by atoms with E-state index in [1.807, 2.05) is 20.8 Å². The van der Waals surface area contributed by atoms with Crippen LogP contribution in [0, 0.1) is 0 Å². The lowest BCUT2D eigenvalue weighted by atomic mass is 9.86. The Labute approximate surface area is 109 Å². The highest BCUT2D eigenvalue weighted by molar-refractivity contribution is 5.99. The molecule has 18 heavy (non-hydrogen) atoms. The van der Waals surface area contributed by atoms with Crippen molar-refractivity contribution in [2.45, 2.75) is 51.6 Å². The highest BCUT2D eigenvalue weighted by Crippen LogP contribution is 2.25. The molecule has 0 aromatic rings. The number of methoxy groups -OCH3 is 1. The normalized spacial score (nSPS) is 23.1. The summed E-state index contributed by atoms with van der Waals surface area (Å²) >= 11 is 0. The minimum absolute atomic E-state index is 0.0241. The van der Waals surface area contributed by atoms with Gasteiger partial charge < -0.3 is 15.0 Å². The fourth-order valence-electron chi connectivity index (χ4n) is 2.51. The number of hydrogen-bond acceptors (Lipinski definition) is 3. The lowest BCUT2D eigenvalue weighted by molar-refractivity contribution is -0.156. The van der Waals surface area contributed by atoms with Gasteiger partial charge in [0.15, 0.2) is 0 Å². The van der Waals surface area contributed by atoms with Gasteiger partial charge in [0.2, 0.25) is 11.8 Å². The topological polar surface area (TPSA) is 58.6 Å². The molecule has 0 aromatic heterocycles. The van der Waals surface area contributed by atoms with Crippen LogP contribution in [0.25, 0.3) is 0 Å². The van der Waals surface area contributed by atoms with Crippen molar-refractivity contribution in [3.05, 3.63) is 0 Å². The van der Waals surface area contributed by atoms with Gasteiger partial charge in [0, 0.05) is 13.7 Å². The molecule has 1 aliphatic rings. The number of piperazine rings is 1. The van der Waals surface area contributed by atoms with Crippen LogP contribution in [-0.2, 0) is 14.3 Å². The molecule has 0 radical (unpaired) electrons. The van der Waals surface area contributed by atoms with Crippen LogP contribution in [-0.4, -0.2) is 48.6 Å². The summed E-state index contributed by atoms with van der Waals surface area (Å²) in [6.07, 6.45) is 1.87. The fourth-order valence-corrected chi connectivity index (χ4v) is 2.51. The van der Waals surface area contributed by atoms with E-state index in [1.165, 1.54) is 0 Å². The van der Waals surface area contributed by atoms with E-state index in [2.05, 4.69) is 5.32 Å². The third-order valence-corrected chi connectivity index (χ3v) is 3.84. The van der Waals surface area contributed by atoms with E-state index >= 15 is 0 Å². The molecule has 0 saturated carbocycles. The number of nitrogens with zero attached hydrogens (tertiary/aromatic N) is 1. The second-order valence-electron chi connectivity index (χ2n) is 4.69. The van der Waals surface area contributed by atoms with Crippen LogP contribution in [0.1, 0.15) is 40.0 Å². The van der Waals surface area contributed by atoms with E-state index in [9.17, 15) is 9.59 Å². The molecule has 1 heterocycles. The van der Waals surface area contributed by atoms with Crippen LogP contribution in [0.5, 0.6) is 0 Å². The first-order valence-corrected chi connectivity index (χ1v) is 6.68. The first kappa shape index (κ1) is 15.0. The lowest BCUT2D eigenvalue weighted by Crippen LogP contribution is -2.70. The molecule has 5 heteroatoms. The largest absolute Gasteiger partial charge is 0.383 e. The molecule has 5 nitrogen and oxygen atoms in total. The quantitative estimate of drug-likeness (QED) is 0.769. The number of hydrogen-bond donors (Lipinski definition) is 1. The summed E-state index contributed by atoms with van der Waals surface area (Å²) in [5, 5.41) is 2.92. The summed E-state index contributed by atoms with van der Waals surface area (Å²) in [4.78, 5) is 26.4. The van der Waals surface area contributed by atoms with Gasteiger partial charge in [-0.25, -0.2) is 0 Å². The molecule has 0 aliphatic carbocycles. The van der Waals surface area contributed by atoms with Crippen LogP contribution in [0.15, 0.2) is 0 Å². The van der Waals surface area contributed by atoms with Gasteiger partial charge in [-0.2, -0.15) is 0 Å².